The molecule has 1 N–H and O–H groups in total. The van der Waals surface area contributed by atoms with E-state index in [1.165, 1.54) is 5.56 Å². The van der Waals surface area contributed by atoms with Gasteiger partial charge in [-0.3, -0.25) is 9.78 Å². The van der Waals surface area contributed by atoms with E-state index in [1.54, 1.807) is 17.5 Å². The minimum absolute atomic E-state index is 0.114. The van der Waals surface area contributed by atoms with Crippen LogP contribution in [-0.2, 0) is 6.42 Å². The number of thiophene rings is 1. The molecular weight excluding hydrogens is 268 g/mol. The number of benzene rings is 1. The summed E-state index contributed by atoms with van der Waals surface area (Å²) in [6.07, 6.45) is 2.52. The number of hydrogen-bond acceptors (Lipinski definition) is 3. The topological polar surface area (TPSA) is 42.0 Å². The zero-order valence-electron chi connectivity index (χ0n) is 10.9. The highest BCUT2D eigenvalue weighted by Crippen LogP contribution is 2.16. The number of pyridine rings is 1. The van der Waals surface area contributed by atoms with Crippen LogP contribution in [0.15, 0.2) is 53.4 Å². The van der Waals surface area contributed by atoms with E-state index in [4.69, 9.17) is 0 Å². The van der Waals surface area contributed by atoms with E-state index >= 15 is 0 Å². The van der Waals surface area contributed by atoms with Crippen molar-refractivity contribution in [2.24, 2.45) is 0 Å². The number of carbonyl (C=O) groups is 1. The molecule has 0 atom stereocenters. The van der Waals surface area contributed by atoms with Crippen molar-refractivity contribution in [2.75, 3.05) is 6.54 Å². The van der Waals surface area contributed by atoms with Crippen molar-refractivity contribution < 1.29 is 4.79 Å². The molecule has 1 aromatic carbocycles. The quantitative estimate of drug-likeness (QED) is 0.798. The van der Waals surface area contributed by atoms with Gasteiger partial charge in [-0.05, 0) is 40.3 Å². The molecule has 1 amide bonds. The third-order valence-corrected chi connectivity index (χ3v) is 3.90. The molecule has 0 aliphatic heterocycles. The molecule has 0 saturated heterocycles. The van der Waals surface area contributed by atoms with Gasteiger partial charge in [0.25, 0.3) is 5.91 Å². The standard InChI is InChI=1S/C16H14N2OS/c19-16(18-8-5-12-7-10-20-11-12)15-14-4-2-1-3-13(14)6-9-17-15/h1-4,6-7,9-11H,5,8H2,(H,18,19). The van der Waals surface area contributed by atoms with Crippen molar-refractivity contribution in [1.29, 1.82) is 0 Å². The van der Waals surface area contributed by atoms with E-state index in [1.807, 2.05) is 35.7 Å². The highest BCUT2D eigenvalue weighted by molar-refractivity contribution is 7.07. The van der Waals surface area contributed by atoms with Crippen LogP contribution in [0.1, 0.15) is 16.1 Å². The van der Waals surface area contributed by atoms with Crippen LogP contribution < -0.4 is 5.32 Å². The van der Waals surface area contributed by atoms with E-state index in [9.17, 15) is 4.79 Å². The molecule has 20 heavy (non-hydrogen) atoms. The molecule has 2 heterocycles. The predicted octanol–water partition coefficient (Wildman–Crippen LogP) is 3.27. The lowest BCUT2D eigenvalue weighted by atomic mass is 10.1. The first kappa shape index (κ1) is 12.8. The molecule has 0 aliphatic carbocycles. The fourth-order valence-electron chi connectivity index (χ4n) is 2.14. The Labute approximate surface area is 121 Å². The second kappa shape index (κ2) is 5.84. The molecule has 0 aliphatic rings. The van der Waals surface area contributed by atoms with Gasteiger partial charge in [0.15, 0.2) is 0 Å². The fourth-order valence-corrected chi connectivity index (χ4v) is 2.84. The highest BCUT2D eigenvalue weighted by atomic mass is 32.1. The first-order chi connectivity index (χ1) is 9.84. The number of hydrogen-bond donors (Lipinski definition) is 1. The first-order valence-corrected chi connectivity index (χ1v) is 7.42. The second-order valence-electron chi connectivity index (χ2n) is 4.52. The maximum atomic E-state index is 12.2. The molecule has 3 rings (SSSR count). The van der Waals surface area contributed by atoms with Gasteiger partial charge in [0.2, 0.25) is 0 Å². The van der Waals surface area contributed by atoms with E-state index in [0.717, 1.165) is 17.2 Å². The highest BCUT2D eigenvalue weighted by Gasteiger charge is 2.10. The number of rotatable bonds is 4. The molecule has 0 fully saturated rings. The number of amides is 1. The van der Waals surface area contributed by atoms with Crippen LogP contribution in [0.25, 0.3) is 10.8 Å². The Hall–Kier alpha value is -2.20. The van der Waals surface area contributed by atoms with E-state index < -0.39 is 0 Å². The number of aromatic nitrogens is 1. The van der Waals surface area contributed by atoms with Crippen LogP contribution in [-0.4, -0.2) is 17.4 Å². The van der Waals surface area contributed by atoms with Crippen molar-refractivity contribution in [3.63, 3.8) is 0 Å². The van der Waals surface area contributed by atoms with Crippen LogP contribution in [0.4, 0.5) is 0 Å². The second-order valence-corrected chi connectivity index (χ2v) is 5.30. The average molecular weight is 282 g/mol. The average Bonchev–Trinajstić information content (AvgIpc) is 3.00. The zero-order valence-corrected chi connectivity index (χ0v) is 11.7. The maximum absolute atomic E-state index is 12.2. The summed E-state index contributed by atoms with van der Waals surface area (Å²) < 4.78 is 0. The number of carbonyl (C=O) groups excluding carboxylic acids is 1. The van der Waals surface area contributed by atoms with Gasteiger partial charge in [-0.1, -0.05) is 24.3 Å². The maximum Gasteiger partial charge on any atom is 0.270 e. The summed E-state index contributed by atoms with van der Waals surface area (Å²) in [4.78, 5) is 16.4. The summed E-state index contributed by atoms with van der Waals surface area (Å²) in [6.45, 7) is 0.625. The van der Waals surface area contributed by atoms with E-state index in [-0.39, 0.29) is 5.91 Å². The molecule has 0 radical (unpaired) electrons. The Morgan fingerprint density at radius 1 is 1.20 bits per heavy atom. The molecule has 3 aromatic rings. The molecule has 0 saturated carbocycles. The Morgan fingerprint density at radius 2 is 2.10 bits per heavy atom. The Morgan fingerprint density at radius 3 is 2.95 bits per heavy atom. The van der Waals surface area contributed by atoms with Gasteiger partial charge in [0.05, 0.1) is 0 Å². The number of nitrogens with zero attached hydrogens (tertiary/aromatic N) is 1. The lowest BCUT2D eigenvalue weighted by Gasteiger charge is -2.06. The molecule has 3 nitrogen and oxygen atoms in total. The summed E-state index contributed by atoms with van der Waals surface area (Å²) >= 11 is 1.67. The summed E-state index contributed by atoms with van der Waals surface area (Å²) in [5.74, 6) is -0.114. The summed E-state index contributed by atoms with van der Waals surface area (Å²) in [5.41, 5.74) is 1.74. The van der Waals surface area contributed by atoms with Crippen LogP contribution in [0.2, 0.25) is 0 Å². The fraction of sp³-hybridized carbons (Fsp3) is 0.125. The molecule has 0 unspecified atom stereocenters. The summed E-state index contributed by atoms with van der Waals surface area (Å²) in [6, 6.07) is 11.8. The molecular formula is C16H14N2OS. The van der Waals surface area contributed by atoms with Crippen LogP contribution >= 0.6 is 11.3 Å². The van der Waals surface area contributed by atoms with Gasteiger partial charge in [-0.25, -0.2) is 0 Å². The number of fused-ring (bicyclic) bond motifs is 1. The van der Waals surface area contributed by atoms with Crippen LogP contribution in [0.3, 0.4) is 0 Å². The third-order valence-electron chi connectivity index (χ3n) is 3.17. The first-order valence-electron chi connectivity index (χ1n) is 6.47. The van der Waals surface area contributed by atoms with E-state index in [2.05, 4.69) is 21.7 Å². The molecule has 0 bridgehead atoms. The van der Waals surface area contributed by atoms with Crippen LogP contribution in [0, 0.1) is 0 Å². The Balaban J connectivity index is 1.72. The summed E-state index contributed by atoms with van der Waals surface area (Å²) in [7, 11) is 0. The number of nitrogens with one attached hydrogen (secondary N) is 1. The van der Waals surface area contributed by atoms with Crippen molar-refractivity contribution >= 4 is 28.0 Å². The van der Waals surface area contributed by atoms with Gasteiger partial charge in [0, 0.05) is 18.1 Å². The lowest BCUT2D eigenvalue weighted by molar-refractivity contribution is 0.0951. The minimum Gasteiger partial charge on any atom is -0.350 e. The normalized spacial score (nSPS) is 10.6. The van der Waals surface area contributed by atoms with Gasteiger partial charge in [0.1, 0.15) is 5.69 Å². The van der Waals surface area contributed by atoms with Crippen molar-refractivity contribution in [1.82, 2.24) is 10.3 Å². The smallest absolute Gasteiger partial charge is 0.270 e. The molecule has 0 spiro atoms. The van der Waals surface area contributed by atoms with Gasteiger partial charge in [-0.15, -0.1) is 0 Å². The van der Waals surface area contributed by atoms with Crippen molar-refractivity contribution in [2.45, 2.75) is 6.42 Å². The van der Waals surface area contributed by atoms with E-state index in [0.29, 0.717) is 12.2 Å². The summed E-state index contributed by atoms with van der Waals surface area (Å²) in [5, 5.41) is 9.00. The van der Waals surface area contributed by atoms with Gasteiger partial charge >= 0.3 is 0 Å². The monoisotopic (exact) mass is 282 g/mol. The minimum atomic E-state index is -0.114. The Bertz CT molecular complexity index is 717. The zero-order chi connectivity index (χ0) is 13.8. The lowest BCUT2D eigenvalue weighted by Crippen LogP contribution is -2.26. The van der Waals surface area contributed by atoms with Crippen LogP contribution in [0.5, 0.6) is 0 Å². The molecule has 4 heteroatoms. The van der Waals surface area contributed by atoms with Gasteiger partial charge in [-0.2, -0.15) is 11.3 Å². The van der Waals surface area contributed by atoms with Gasteiger partial charge < -0.3 is 5.32 Å². The Kier molecular flexibility index (Phi) is 3.74. The predicted molar refractivity (Wildman–Crippen MR) is 82.1 cm³/mol. The SMILES string of the molecule is O=C(NCCc1ccsc1)c1nccc2ccccc12. The largest absolute Gasteiger partial charge is 0.350 e. The van der Waals surface area contributed by atoms with Crippen molar-refractivity contribution in [3.05, 3.63) is 64.6 Å². The molecule has 100 valence electrons. The van der Waals surface area contributed by atoms with Crippen molar-refractivity contribution in [3.8, 4) is 0 Å². The molecule has 2 aromatic heterocycles. The third kappa shape index (κ3) is 2.70.